The fourth-order valence-electron chi connectivity index (χ4n) is 1.36. The molecule has 0 aromatic heterocycles. The molecule has 82 valence electrons. The highest BCUT2D eigenvalue weighted by atomic mass is 79.9. The summed E-state index contributed by atoms with van der Waals surface area (Å²) in [6.07, 6.45) is 1.42. The summed E-state index contributed by atoms with van der Waals surface area (Å²) in [6.45, 7) is 4.49. The zero-order chi connectivity index (χ0) is 11.3. The van der Waals surface area contributed by atoms with E-state index >= 15 is 0 Å². The van der Waals surface area contributed by atoms with E-state index in [9.17, 15) is 4.79 Å². The van der Waals surface area contributed by atoms with Crippen LogP contribution in [-0.4, -0.2) is 12.4 Å². The van der Waals surface area contributed by atoms with E-state index in [-0.39, 0.29) is 5.78 Å². The van der Waals surface area contributed by atoms with E-state index in [0.717, 1.165) is 10.9 Å². The molecule has 0 atom stereocenters. The van der Waals surface area contributed by atoms with Crippen LogP contribution in [0.3, 0.4) is 0 Å². The van der Waals surface area contributed by atoms with Crippen LogP contribution in [0.15, 0.2) is 22.7 Å². The number of carbonyl (C=O) groups is 1. The summed E-state index contributed by atoms with van der Waals surface area (Å²) in [5, 5.41) is 0. The molecule has 0 spiro atoms. The minimum absolute atomic E-state index is 0.141. The molecular formula is C12H15BrO2. The Morgan fingerprint density at radius 2 is 2.13 bits per heavy atom. The highest BCUT2D eigenvalue weighted by molar-refractivity contribution is 9.10. The van der Waals surface area contributed by atoms with Crippen molar-refractivity contribution in [3.8, 4) is 5.75 Å². The van der Waals surface area contributed by atoms with Crippen LogP contribution in [0.2, 0.25) is 0 Å². The molecule has 0 aliphatic carbocycles. The van der Waals surface area contributed by atoms with Gasteiger partial charge in [-0.1, -0.05) is 22.9 Å². The van der Waals surface area contributed by atoms with Crippen molar-refractivity contribution in [1.29, 1.82) is 0 Å². The van der Waals surface area contributed by atoms with Crippen LogP contribution in [0.4, 0.5) is 0 Å². The van der Waals surface area contributed by atoms with Crippen LogP contribution in [0.1, 0.15) is 37.0 Å². The van der Waals surface area contributed by atoms with Gasteiger partial charge in [-0.25, -0.2) is 0 Å². The lowest BCUT2D eigenvalue weighted by atomic mass is 10.1. The van der Waals surface area contributed by atoms with Crippen molar-refractivity contribution in [1.82, 2.24) is 0 Å². The minimum Gasteiger partial charge on any atom is -0.493 e. The second-order valence-electron chi connectivity index (χ2n) is 3.25. The number of ether oxygens (including phenoxy) is 1. The van der Waals surface area contributed by atoms with E-state index in [2.05, 4.69) is 15.9 Å². The Hall–Kier alpha value is -0.830. The van der Waals surface area contributed by atoms with Gasteiger partial charge in [-0.15, -0.1) is 0 Å². The number of hydrogen-bond donors (Lipinski definition) is 0. The summed E-state index contributed by atoms with van der Waals surface area (Å²) >= 11 is 3.36. The molecule has 1 aromatic carbocycles. The molecule has 0 saturated heterocycles. The first-order chi connectivity index (χ1) is 7.19. The molecule has 0 N–H and O–H groups in total. The van der Waals surface area contributed by atoms with Crippen molar-refractivity contribution in [3.05, 3.63) is 28.2 Å². The third-order valence-electron chi connectivity index (χ3n) is 2.02. The summed E-state index contributed by atoms with van der Waals surface area (Å²) in [5.74, 6) is 0.821. The number of hydrogen-bond acceptors (Lipinski definition) is 2. The molecule has 0 fully saturated rings. The fraction of sp³-hybridized carbons (Fsp3) is 0.417. The molecule has 1 rings (SSSR count). The first-order valence-electron chi connectivity index (χ1n) is 5.14. The summed E-state index contributed by atoms with van der Waals surface area (Å²) in [5.41, 5.74) is 0.674. The SMILES string of the molecule is CCCC(=O)c1cc(Br)ccc1OCC. The first-order valence-corrected chi connectivity index (χ1v) is 5.93. The molecule has 0 aliphatic heterocycles. The van der Waals surface area contributed by atoms with Crippen LogP contribution in [0.25, 0.3) is 0 Å². The van der Waals surface area contributed by atoms with Gasteiger partial charge in [0.15, 0.2) is 5.78 Å². The maximum atomic E-state index is 11.8. The van der Waals surface area contributed by atoms with Gasteiger partial charge in [0.05, 0.1) is 12.2 Å². The quantitative estimate of drug-likeness (QED) is 0.761. The van der Waals surface area contributed by atoms with Gasteiger partial charge in [0.25, 0.3) is 0 Å². The van der Waals surface area contributed by atoms with Crippen LogP contribution >= 0.6 is 15.9 Å². The van der Waals surface area contributed by atoms with Crippen molar-refractivity contribution < 1.29 is 9.53 Å². The molecule has 3 heteroatoms. The highest BCUT2D eigenvalue weighted by Gasteiger charge is 2.11. The molecule has 1 aromatic rings. The van der Waals surface area contributed by atoms with Gasteiger partial charge in [-0.05, 0) is 31.5 Å². The predicted molar refractivity (Wildman–Crippen MR) is 64.5 cm³/mol. The molecular weight excluding hydrogens is 256 g/mol. The maximum absolute atomic E-state index is 11.8. The molecule has 0 aliphatic rings. The van der Waals surface area contributed by atoms with Crippen molar-refractivity contribution in [3.63, 3.8) is 0 Å². The number of rotatable bonds is 5. The van der Waals surface area contributed by atoms with E-state index in [0.29, 0.717) is 24.3 Å². The van der Waals surface area contributed by atoms with Crippen molar-refractivity contribution in [2.24, 2.45) is 0 Å². The third kappa shape index (κ3) is 3.34. The summed E-state index contributed by atoms with van der Waals surface area (Å²) in [6, 6.07) is 5.53. The molecule has 0 saturated carbocycles. The monoisotopic (exact) mass is 270 g/mol. The van der Waals surface area contributed by atoms with Crippen molar-refractivity contribution >= 4 is 21.7 Å². The van der Waals surface area contributed by atoms with Gasteiger partial charge in [0, 0.05) is 10.9 Å². The Morgan fingerprint density at radius 1 is 1.40 bits per heavy atom. The van der Waals surface area contributed by atoms with Gasteiger partial charge in [0.2, 0.25) is 0 Å². The van der Waals surface area contributed by atoms with E-state index in [1.165, 1.54) is 0 Å². The second kappa shape index (κ2) is 5.91. The molecule has 0 bridgehead atoms. The van der Waals surface area contributed by atoms with Crippen LogP contribution in [-0.2, 0) is 0 Å². The fourth-order valence-corrected chi connectivity index (χ4v) is 1.72. The van der Waals surface area contributed by atoms with Crippen molar-refractivity contribution in [2.45, 2.75) is 26.7 Å². The topological polar surface area (TPSA) is 26.3 Å². The Labute approximate surface area is 98.8 Å². The highest BCUT2D eigenvalue weighted by Crippen LogP contribution is 2.24. The summed E-state index contributed by atoms with van der Waals surface area (Å²) < 4.78 is 6.33. The van der Waals surface area contributed by atoms with Crippen LogP contribution in [0.5, 0.6) is 5.75 Å². The zero-order valence-electron chi connectivity index (χ0n) is 9.05. The van der Waals surface area contributed by atoms with Gasteiger partial charge < -0.3 is 4.74 Å². The van der Waals surface area contributed by atoms with Gasteiger partial charge in [-0.3, -0.25) is 4.79 Å². The molecule has 15 heavy (non-hydrogen) atoms. The number of ketones is 1. The second-order valence-corrected chi connectivity index (χ2v) is 4.16. The lowest BCUT2D eigenvalue weighted by molar-refractivity contribution is 0.0978. The summed E-state index contributed by atoms with van der Waals surface area (Å²) in [4.78, 5) is 11.8. The molecule has 0 radical (unpaired) electrons. The van der Waals surface area contributed by atoms with Gasteiger partial charge in [-0.2, -0.15) is 0 Å². The van der Waals surface area contributed by atoms with Crippen LogP contribution < -0.4 is 4.74 Å². The Kier molecular flexibility index (Phi) is 4.82. The Bertz CT molecular complexity index is 347. The molecule has 2 nitrogen and oxygen atoms in total. The Morgan fingerprint density at radius 3 is 2.73 bits per heavy atom. The van der Waals surface area contributed by atoms with E-state index in [1.54, 1.807) is 0 Å². The van der Waals surface area contributed by atoms with Crippen molar-refractivity contribution in [2.75, 3.05) is 6.61 Å². The normalized spacial score (nSPS) is 10.1. The molecule has 0 amide bonds. The van der Waals surface area contributed by atoms with Gasteiger partial charge in [0.1, 0.15) is 5.75 Å². The van der Waals surface area contributed by atoms with E-state index in [1.807, 2.05) is 32.0 Å². The smallest absolute Gasteiger partial charge is 0.166 e. The standard InChI is InChI=1S/C12H15BrO2/c1-3-5-11(14)10-8-9(13)6-7-12(10)15-4-2/h6-8H,3-5H2,1-2H3. The molecule has 0 unspecified atom stereocenters. The third-order valence-corrected chi connectivity index (χ3v) is 2.51. The van der Waals surface area contributed by atoms with Crippen LogP contribution in [0, 0.1) is 0 Å². The number of benzene rings is 1. The average molecular weight is 271 g/mol. The summed E-state index contributed by atoms with van der Waals surface area (Å²) in [7, 11) is 0. The lowest BCUT2D eigenvalue weighted by Gasteiger charge is -2.09. The largest absolute Gasteiger partial charge is 0.493 e. The number of halogens is 1. The molecule has 0 heterocycles. The number of carbonyl (C=O) groups excluding carboxylic acids is 1. The lowest BCUT2D eigenvalue weighted by Crippen LogP contribution is -2.03. The van der Waals surface area contributed by atoms with E-state index in [4.69, 9.17) is 4.74 Å². The predicted octanol–water partition coefficient (Wildman–Crippen LogP) is 3.83. The minimum atomic E-state index is 0.141. The van der Waals surface area contributed by atoms with Gasteiger partial charge >= 0.3 is 0 Å². The maximum Gasteiger partial charge on any atom is 0.166 e. The number of Topliss-reactive ketones (excluding diaryl/α,β-unsaturated/α-hetero) is 1. The average Bonchev–Trinajstić information content (AvgIpc) is 2.21. The van der Waals surface area contributed by atoms with E-state index < -0.39 is 0 Å². The first kappa shape index (κ1) is 12.2. The Balaban J connectivity index is 3.00. The zero-order valence-corrected chi connectivity index (χ0v) is 10.6.